The molecule has 0 bridgehead atoms. The van der Waals surface area contributed by atoms with Crippen LogP contribution < -0.4 is 5.32 Å². The fourth-order valence-electron chi connectivity index (χ4n) is 2.66. The van der Waals surface area contributed by atoms with Crippen LogP contribution in [0.2, 0.25) is 0 Å². The number of hydrogen-bond donors (Lipinski definition) is 1. The van der Waals surface area contributed by atoms with Crippen molar-refractivity contribution < 1.29 is 9.18 Å². The average Bonchev–Trinajstić information content (AvgIpc) is 2.65. The van der Waals surface area contributed by atoms with E-state index in [-0.39, 0.29) is 11.6 Å². The van der Waals surface area contributed by atoms with Crippen molar-refractivity contribution in [2.45, 2.75) is 9.79 Å². The molecule has 2 nitrogen and oxygen atoms in total. The summed E-state index contributed by atoms with van der Waals surface area (Å²) in [5.74, 6) is -0.497. The Morgan fingerprint density at radius 1 is 0.920 bits per heavy atom. The standard InChI is InChI=1S/C21H14FNOS/c22-16-6-2-1-5-14(16)9-11-19(24)15-10-12-21-18(13-15)23-17-7-3-4-8-20(17)25-21/h1-13,23H/b11-9+. The van der Waals surface area contributed by atoms with Crippen LogP contribution in [0.25, 0.3) is 6.08 Å². The van der Waals surface area contributed by atoms with E-state index >= 15 is 0 Å². The Bertz CT molecular complexity index is 997. The summed E-state index contributed by atoms with van der Waals surface area (Å²) in [4.78, 5) is 14.7. The second kappa shape index (κ2) is 6.57. The highest BCUT2D eigenvalue weighted by Crippen LogP contribution is 2.44. The summed E-state index contributed by atoms with van der Waals surface area (Å²) in [6.07, 6.45) is 2.92. The molecule has 0 saturated heterocycles. The van der Waals surface area contributed by atoms with Crippen LogP contribution in [-0.2, 0) is 0 Å². The van der Waals surface area contributed by atoms with E-state index in [2.05, 4.69) is 11.4 Å². The lowest BCUT2D eigenvalue weighted by Gasteiger charge is -2.20. The molecule has 0 aliphatic carbocycles. The maximum absolute atomic E-state index is 13.6. The third-order valence-electron chi connectivity index (χ3n) is 3.96. The van der Waals surface area contributed by atoms with E-state index in [0.717, 1.165) is 21.2 Å². The van der Waals surface area contributed by atoms with E-state index in [1.807, 2.05) is 30.3 Å². The number of benzene rings is 3. The van der Waals surface area contributed by atoms with E-state index < -0.39 is 0 Å². The van der Waals surface area contributed by atoms with Gasteiger partial charge in [0, 0.05) is 20.9 Å². The van der Waals surface area contributed by atoms with Gasteiger partial charge in [0.15, 0.2) is 5.78 Å². The lowest BCUT2D eigenvalue weighted by Crippen LogP contribution is -2.02. The highest BCUT2D eigenvalue weighted by molar-refractivity contribution is 7.99. The summed E-state index contributed by atoms with van der Waals surface area (Å²) in [7, 11) is 0. The van der Waals surface area contributed by atoms with E-state index in [0.29, 0.717) is 11.1 Å². The molecule has 0 spiro atoms. The number of para-hydroxylation sites is 1. The molecule has 0 fully saturated rings. The molecule has 3 aromatic rings. The van der Waals surface area contributed by atoms with Crippen LogP contribution in [-0.4, -0.2) is 5.78 Å². The van der Waals surface area contributed by atoms with Crippen molar-refractivity contribution >= 4 is 35.0 Å². The molecule has 0 unspecified atom stereocenters. The van der Waals surface area contributed by atoms with Gasteiger partial charge in [-0.25, -0.2) is 4.39 Å². The van der Waals surface area contributed by atoms with Crippen LogP contribution in [0.5, 0.6) is 0 Å². The number of hydrogen-bond acceptors (Lipinski definition) is 3. The highest BCUT2D eigenvalue weighted by Gasteiger charge is 2.16. The Hall–Kier alpha value is -2.85. The third kappa shape index (κ3) is 3.21. The molecule has 0 atom stereocenters. The van der Waals surface area contributed by atoms with Gasteiger partial charge in [-0.2, -0.15) is 0 Å². The molecule has 0 saturated carbocycles. The quantitative estimate of drug-likeness (QED) is 0.368. The first-order valence-electron chi connectivity index (χ1n) is 7.85. The smallest absolute Gasteiger partial charge is 0.185 e. The number of rotatable bonds is 3. The Morgan fingerprint density at radius 3 is 2.56 bits per heavy atom. The van der Waals surface area contributed by atoms with Crippen LogP contribution >= 0.6 is 11.8 Å². The SMILES string of the molecule is O=C(/C=C/c1ccccc1F)c1ccc2c(c1)Nc1ccccc1S2. The topological polar surface area (TPSA) is 29.1 Å². The molecule has 122 valence electrons. The average molecular weight is 347 g/mol. The molecule has 1 heterocycles. The summed E-state index contributed by atoms with van der Waals surface area (Å²) in [5.41, 5.74) is 2.91. The molecule has 0 aromatic heterocycles. The molecule has 25 heavy (non-hydrogen) atoms. The number of nitrogens with one attached hydrogen (secondary N) is 1. The minimum absolute atomic E-state index is 0.156. The van der Waals surface area contributed by atoms with E-state index in [9.17, 15) is 9.18 Å². The lowest BCUT2D eigenvalue weighted by atomic mass is 10.1. The zero-order chi connectivity index (χ0) is 17.2. The Labute approximate surface area is 149 Å². The Morgan fingerprint density at radius 2 is 1.68 bits per heavy atom. The minimum Gasteiger partial charge on any atom is -0.354 e. The Balaban J connectivity index is 1.58. The van der Waals surface area contributed by atoms with Crippen LogP contribution in [0.15, 0.2) is 82.6 Å². The number of carbonyl (C=O) groups excluding carboxylic acids is 1. The van der Waals surface area contributed by atoms with Crippen molar-refractivity contribution in [3.8, 4) is 0 Å². The van der Waals surface area contributed by atoms with E-state index in [1.165, 1.54) is 18.2 Å². The van der Waals surface area contributed by atoms with Gasteiger partial charge in [0.05, 0.1) is 11.4 Å². The normalized spacial score (nSPS) is 12.4. The van der Waals surface area contributed by atoms with Gasteiger partial charge in [0.1, 0.15) is 5.82 Å². The van der Waals surface area contributed by atoms with Crippen LogP contribution in [0.4, 0.5) is 15.8 Å². The maximum atomic E-state index is 13.6. The van der Waals surface area contributed by atoms with Crippen molar-refractivity contribution in [1.29, 1.82) is 0 Å². The second-order valence-corrected chi connectivity index (χ2v) is 6.74. The number of carbonyl (C=O) groups is 1. The number of fused-ring (bicyclic) bond motifs is 2. The van der Waals surface area contributed by atoms with Crippen molar-refractivity contribution in [3.63, 3.8) is 0 Å². The minimum atomic E-state index is -0.341. The summed E-state index contributed by atoms with van der Waals surface area (Å²) in [6, 6.07) is 20.0. The molecule has 1 N–H and O–H groups in total. The van der Waals surface area contributed by atoms with Gasteiger partial charge in [0.25, 0.3) is 0 Å². The van der Waals surface area contributed by atoms with Gasteiger partial charge < -0.3 is 5.32 Å². The van der Waals surface area contributed by atoms with Crippen molar-refractivity contribution in [2.24, 2.45) is 0 Å². The molecular weight excluding hydrogens is 333 g/mol. The zero-order valence-corrected chi connectivity index (χ0v) is 14.0. The highest BCUT2D eigenvalue weighted by atomic mass is 32.2. The zero-order valence-electron chi connectivity index (χ0n) is 13.2. The monoisotopic (exact) mass is 347 g/mol. The van der Waals surface area contributed by atoms with Gasteiger partial charge in [-0.1, -0.05) is 42.1 Å². The predicted molar refractivity (Wildman–Crippen MR) is 100 cm³/mol. The summed E-state index contributed by atoms with van der Waals surface area (Å²) in [6.45, 7) is 0. The number of ketones is 1. The second-order valence-electron chi connectivity index (χ2n) is 5.65. The van der Waals surface area contributed by atoms with Crippen LogP contribution in [0.1, 0.15) is 15.9 Å². The first-order chi connectivity index (χ1) is 12.2. The summed E-state index contributed by atoms with van der Waals surface area (Å²) < 4.78 is 13.6. The molecule has 3 aromatic carbocycles. The fraction of sp³-hybridized carbons (Fsp3) is 0. The van der Waals surface area contributed by atoms with Gasteiger partial charge >= 0.3 is 0 Å². The summed E-state index contributed by atoms with van der Waals surface area (Å²) >= 11 is 1.67. The van der Waals surface area contributed by atoms with E-state index in [1.54, 1.807) is 36.0 Å². The van der Waals surface area contributed by atoms with Crippen molar-refractivity contribution in [2.75, 3.05) is 5.32 Å². The van der Waals surface area contributed by atoms with E-state index in [4.69, 9.17) is 0 Å². The number of halogens is 1. The fourth-order valence-corrected chi connectivity index (χ4v) is 3.63. The van der Waals surface area contributed by atoms with Gasteiger partial charge in [-0.3, -0.25) is 4.79 Å². The lowest BCUT2D eigenvalue weighted by molar-refractivity contribution is 0.104. The third-order valence-corrected chi connectivity index (χ3v) is 5.11. The largest absolute Gasteiger partial charge is 0.354 e. The predicted octanol–water partition coefficient (Wildman–Crippen LogP) is 5.93. The molecular formula is C21H14FNOS. The number of anilines is 2. The van der Waals surface area contributed by atoms with Crippen LogP contribution in [0, 0.1) is 5.82 Å². The molecule has 1 aliphatic heterocycles. The van der Waals surface area contributed by atoms with Gasteiger partial charge in [-0.15, -0.1) is 0 Å². The molecule has 0 amide bonds. The van der Waals surface area contributed by atoms with Crippen molar-refractivity contribution in [3.05, 3.63) is 89.8 Å². The summed E-state index contributed by atoms with van der Waals surface area (Å²) in [5, 5.41) is 3.36. The van der Waals surface area contributed by atoms with Gasteiger partial charge in [-0.05, 0) is 48.6 Å². The van der Waals surface area contributed by atoms with Gasteiger partial charge in [0.2, 0.25) is 0 Å². The molecule has 1 aliphatic rings. The molecule has 4 rings (SSSR count). The number of allylic oxidation sites excluding steroid dienone is 1. The van der Waals surface area contributed by atoms with Crippen LogP contribution in [0.3, 0.4) is 0 Å². The van der Waals surface area contributed by atoms with Crippen molar-refractivity contribution in [1.82, 2.24) is 0 Å². The first kappa shape index (κ1) is 15.7. The molecule has 0 radical (unpaired) electrons. The first-order valence-corrected chi connectivity index (χ1v) is 8.67. The molecule has 4 heteroatoms. The Kier molecular flexibility index (Phi) is 4.12. The maximum Gasteiger partial charge on any atom is 0.185 e.